The Hall–Kier alpha value is -6.78. The topological polar surface area (TPSA) is 9.72 Å². The minimum atomic E-state index is -0.0834. The van der Waals surface area contributed by atoms with Crippen molar-refractivity contribution in [2.24, 2.45) is 5.41 Å². The molecule has 1 saturated carbocycles. The molecular weight excluding hydrogens is 906 g/mol. The zero-order chi connectivity index (χ0) is 52.0. The van der Waals surface area contributed by atoms with Crippen molar-refractivity contribution in [3.8, 4) is 22.3 Å². The number of hydrogen-bond acceptors (Lipinski definition) is 3. The third-order valence-electron chi connectivity index (χ3n) is 18.7. The van der Waals surface area contributed by atoms with Crippen LogP contribution in [0.15, 0.2) is 164 Å². The molecule has 0 radical (unpaired) electrons. The molecule has 4 heteroatoms. The summed E-state index contributed by atoms with van der Waals surface area (Å²) < 4.78 is 0. The Morgan fingerprint density at radius 3 is 1.57 bits per heavy atom. The average molecular weight is 980 g/mol. The number of para-hydroxylation sites is 1. The van der Waals surface area contributed by atoms with Crippen LogP contribution >= 0.6 is 0 Å². The molecule has 0 aromatic heterocycles. The van der Waals surface area contributed by atoms with Crippen LogP contribution in [-0.2, 0) is 29.1 Å². The summed E-state index contributed by atoms with van der Waals surface area (Å²) in [5, 5.41) is 0. The van der Waals surface area contributed by atoms with Crippen molar-refractivity contribution >= 4 is 68.6 Å². The molecule has 1 fully saturated rings. The predicted octanol–water partition coefficient (Wildman–Crippen LogP) is 17.3. The van der Waals surface area contributed by atoms with E-state index in [0.717, 1.165) is 19.3 Å². The first-order chi connectivity index (χ1) is 35.8. The van der Waals surface area contributed by atoms with E-state index >= 15 is 0 Å². The fourth-order valence-electron chi connectivity index (χ4n) is 14.7. The lowest BCUT2D eigenvalue weighted by molar-refractivity contribution is 0.261. The monoisotopic (exact) mass is 980 g/mol. The lowest BCUT2D eigenvalue weighted by atomic mass is 9.33. The standard InChI is InChI=1S/C71H74BN3/c1-46-37-64-66-65(38-46)74(60-33-30-52(68(5,6)7)42-55(60)48-25-17-13-18-26-48)63-40-50-45-69(8,9)44-49(50)39-57(63)72(66)58-43-53(75-61-28-20-19-27-56(61)70(10)35-21-14-22-36-71(70,75)11)31-34-62(58)73(64)59-32-29-51(67(2,3)4)41-54(59)47-23-15-12-16-24-47/h12-13,15-20,23-34,37-43H,14,21-22,35-36,44-45H2,1-11H3. The maximum Gasteiger partial charge on any atom is 0.252 e. The fraction of sp³-hybridized carbons (Fsp3) is 0.324. The van der Waals surface area contributed by atoms with Gasteiger partial charge in [-0.05, 0) is 183 Å². The Bertz CT molecular complexity index is 3590. The fourth-order valence-corrected chi connectivity index (χ4v) is 14.7. The molecule has 2 aliphatic carbocycles. The van der Waals surface area contributed by atoms with Gasteiger partial charge in [0.15, 0.2) is 0 Å². The second-order valence-corrected chi connectivity index (χ2v) is 26.5. The van der Waals surface area contributed by atoms with Crippen LogP contribution in [0.25, 0.3) is 22.3 Å². The predicted molar refractivity (Wildman–Crippen MR) is 322 cm³/mol. The molecule has 376 valence electrons. The first kappa shape index (κ1) is 47.9. The van der Waals surface area contributed by atoms with Gasteiger partial charge in [-0.25, -0.2) is 0 Å². The Kier molecular flexibility index (Phi) is 10.8. The van der Waals surface area contributed by atoms with Crippen molar-refractivity contribution in [3.63, 3.8) is 0 Å². The van der Waals surface area contributed by atoms with Crippen LogP contribution in [0, 0.1) is 12.3 Å². The molecule has 13 rings (SSSR count). The van der Waals surface area contributed by atoms with Gasteiger partial charge in [-0.15, -0.1) is 0 Å². The zero-order valence-electron chi connectivity index (χ0n) is 46.5. The highest BCUT2D eigenvalue weighted by molar-refractivity contribution is 7.00. The maximum atomic E-state index is 2.81. The largest absolute Gasteiger partial charge is 0.334 e. The summed E-state index contributed by atoms with van der Waals surface area (Å²) in [5.41, 5.74) is 27.8. The normalized spacial score (nSPS) is 20.2. The van der Waals surface area contributed by atoms with Crippen LogP contribution in [0.5, 0.6) is 0 Å². The van der Waals surface area contributed by atoms with Crippen molar-refractivity contribution in [1.29, 1.82) is 0 Å². The minimum Gasteiger partial charge on any atom is -0.334 e. The van der Waals surface area contributed by atoms with Crippen LogP contribution in [-0.4, -0.2) is 12.3 Å². The quantitative estimate of drug-likeness (QED) is 0.159. The van der Waals surface area contributed by atoms with Gasteiger partial charge in [0.2, 0.25) is 0 Å². The molecule has 0 spiro atoms. The van der Waals surface area contributed by atoms with Crippen LogP contribution in [0.3, 0.4) is 0 Å². The summed E-state index contributed by atoms with van der Waals surface area (Å²) >= 11 is 0. The van der Waals surface area contributed by atoms with Gasteiger partial charge in [-0.2, -0.15) is 0 Å². The molecule has 0 amide bonds. The Balaban J connectivity index is 1.14. The molecular formula is C71H74BN3. The average Bonchev–Trinajstić information content (AvgIpc) is 3.78. The van der Waals surface area contributed by atoms with Crippen LogP contribution in [0.1, 0.15) is 135 Å². The molecule has 0 N–H and O–H groups in total. The summed E-state index contributed by atoms with van der Waals surface area (Å²) in [5.74, 6) is 0. The smallest absolute Gasteiger partial charge is 0.252 e. The SMILES string of the molecule is Cc1cc2c3c(c1)N(c1ccc(C(C)(C)C)cc1-c1ccccc1)c1cc4c(cc1B3c1cc(N3c5ccccc5C5(C)CCCCCC35C)ccc1N2c1ccc(C(C)(C)C)cc1-c1ccccc1)CC(C)(C)C4. The first-order valence-electron chi connectivity index (χ1n) is 28.2. The molecule has 0 saturated heterocycles. The highest BCUT2D eigenvalue weighted by Crippen LogP contribution is 2.60. The van der Waals surface area contributed by atoms with Gasteiger partial charge < -0.3 is 14.7 Å². The van der Waals surface area contributed by atoms with E-state index < -0.39 is 0 Å². The molecule has 0 bridgehead atoms. The minimum absolute atomic E-state index is 0.0173. The van der Waals surface area contributed by atoms with Crippen molar-refractivity contribution in [2.45, 2.75) is 143 Å². The summed E-state index contributed by atoms with van der Waals surface area (Å²) in [6.45, 7) is 26.5. The Morgan fingerprint density at radius 1 is 0.453 bits per heavy atom. The van der Waals surface area contributed by atoms with Crippen LogP contribution < -0.4 is 31.1 Å². The molecule has 3 nitrogen and oxygen atoms in total. The first-order valence-corrected chi connectivity index (χ1v) is 28.2. The van der Waals surface area contributed by atoms with Gasteiger partial charge >= 0.3 is 0 Å². The van der Waals surface area contributed by atoms with Crippen molar-refractivity contribution in [2.75, 3.05) is 14.7 Å². The summed E-state index contributed by atoms with van der Waals surface area (Å²) in [4.78, 5) is 8.17. The van der Waals surface area contributed by atoms with Gasteiger partial charge in [0.05, 0.1) is 16.9 Å². The van der Waals surface area contributed by atoms with Crippen molar-refractivity contribution in [3.05, 3.63) is 197 Å². The van der Waals surface area contributed by atoms with Gasteiger partial charge in [0, 0.05) is 50.7 Å². The van der Waals surface area contributed by atoms with Gasteiger partial charge in [0.25, 0.3) is 6.71 Å². The third kappa shape index (κ3) is 7.43. The van der Waals surface area contributed by atoms with E-state index in [4.69, 9.17) is 0 Å². The van der Waals surface area contributed by atoms with Crippen molar-refractivity contribution < 1.29 is 0 Å². The maximum absolute atomic E-state index is 2.81. The molecule has 2 atom stereocenters. The van der Waals surface area contributed by atoms with E-state index in [1.54, 1.807) is 0 Å². The van der Waals surface area contributed by atoms with Gasteiger partial charge in [-0.1, -0.05) is 179 Å². The van der Waals surface area contributed by atoms with E-state index in [1.807, 2.05) is 0 Å². The number of fused-ring (bicyclic) bond motifs is 8. The molecule has 75 heavy (non-hydrogen) atoms. The summed E-state index contributed by atoms with van der Waals surface area (Å²) in [7, 11) is 0. The molecule has 8 aromatic rings. The zero-order valence-corrected chi connectivity index (χ0v) is 46.5. The van der Waals surface area contributed by atoms with E-state index in [2.05, 4.69) is 255 Å². The van der Waals surface area contributed by atoms with E-state index in [1.165, 1.54) is 143 Å². The lowest BCUT2D eigenvalue weighted by Crippen LogP contribution is -2.61. The Morgan fingerprint density at radius 2 is 0.973 bits per heavy atom. The molecule has 3 heterocycles. The van der Waals surface area contributed by atoms with Gasteiger partial charge in [-0.3, -0.25) is 0 Å². The van der Waals surface area contributed by atoms with E-state index in [-0.39, 0.29) is 33.9 Å². The highest BCUT2D eigenvalue weighted by Gasteiger charge is 2.57. The highest BCUT2D eigenvalue weighted by atomic mass is 15.3. The van der Waals surface area contributed by atoms with E-state index in [0.29, 0.717) is 0 Å². The molecule has 5 aliphatic rings. The molecule has 2 unspecified atom stereocenters. The number of anilines is 8. The Labute approximate surface area is 448 Å². The van der Waals surface area contributed by atoms with Crippen molar-refractivity contribution in [1.82, 2.24) is 0 Å². The third-order valence-corrected chi connectivity index (χ3v) is 18.7. The number of hydrogen-bond donors (Lipinski definition) is 0. The number of benzene rings is 8. The molecule has 8 aromatic carbocycles. The van der Waals surface area contributed by atoms with Crippen LogP contribution in [0.2, 0.25) is 0 Å². The molecule has 3 aliphatic heterocycles. The number of aryl methyl sites for hydroxylation is 1. The van der Waals surface area contributed by atoms with Gasteiger partial charge in [0.1, 0.15) is 0 Å². The van der Waals surface area contributed by atoms with E-state index in [9.17, 15) is 0 Å². The second kappa shape index (κ2) is 16.9. The summed E-state index contributed by atoms with van der Waals surface area (Å²) in [6.07, 6.45) is 8.31. The number of rotatable bonds is 5. The number of nitrogens with zero attached hydrogens (tertiary/aromatic N) is 3. The van der Waals surface area contributed by atoms with Crippen LogP contribution in [0.4, 0.5) is 45.5 Å². The second-order valence-electron chi connectivity index (χ2n) is 26.5. The summed E-state index contributed by atoms with van der Waals surface area (Å²) in [6, 6.07) is 64.3. The lowest BCUT2D eigenvalue weighted by Gasteiger charge is -2.48.